The predicted molar refractivity (Wildman–Crippen MR) is 112 cm³/mol. The molecule has 2 N–H and O–H groups in total. The molecule has 4 saturated carbocycles. The van der Waals surface area contributed by atoms with E-state index in [0.717, 1.165) is 43.5 Å². The van der Waals surface area contributed by atoms with Gasteiger partial charge in [0.25, 0.3) is 11.8 Å². The monoisotopic (exact) mass is 407 g/mol. The Hall–Kier alpha value is -2.70. The molecule has 30 heavy (non-hydrogen) atoms. The van der Waals surface area contributed by atoms with Crippen molar-refractivity contribution < 1.29 is 9.59 Å². The number of nitrogens with one attached hydrogen (secondary N) is 2. The third-order valence-corrected chi connectivity index (χ3v) is 7.29. The maximum Gasteiger partial charge on any atom is 0.272 e. The minimum Gasteiger partial charge on any atom is -0.345 e. The molecule has 4 aliphatic rings. The first-order chi connectivity index (χ1) is 14.2. The van der Waals surface area contributed by atoms with Gasteiger partial charge >= 0.3 is 0 Å². The van der Waals surface area contributed by atoms with Crippen LogP contribution in [0.5, 0.6) is 0 Å². The van der Waals surface area contributed by atoms with Crippen LogP contribution in [0.25, 0.3) is 0 Å². The summed E-state index contributed by atoms with van der Waals surface area (Å²) in [6, 6.07) is 7.36. The molecule has 6 rings (SSSR count). The molecule has 2 unspecified atom stereocenters. The fourth-order valence-corrected chi connectivity index (χ4v) is 6.51. The average molecular weight is 408 g/mol. The van der Waals surface area contributed by atoms with Gasteiger partial charge in [-0.25, -0.2) is 4.98 Å². The highest BCUT2D eigenvalue weighted by Crippen LogP contribution is 2.57. The van der Waals surface area contributed by atoms with Gasteiger partial charge in [0.1, 0.15) is 11.4 Å². The summed E-state index contributed by atoms with van der Waals surface area (Å²) < 4.78 is 1.73. The molecule has 2 aromatic rings. The molecule has 2 heterocycles. The lowest BCUT2D eigenvalue weighted by Crippen LogP contribution is -2.69. The Morgan fingerprint density at radius 1 is 1.00 bits per heavy atom. The third kappa shape index (κ3) is 3.30. The smallest absolute Gasteiger partial charge is 0.272 e. The van der Waals surface area contributed by atoms with Gasteiger partial charge in [-0.2, -0.15) is 5.10 Å². The van der Waals surface area contributed by atoms with Gasteiger partial charge in [-0.1, -0.05) is 6.07 Å². The van der Waals surface area contributed by atoms with Crippen LogP contribution in [-0.4, -0.2) is 37.7 Å². The van der Waals surface area contributed by atoms with E-state index in [9.17, 15) is 9.59 Å². The summed E-state index contributed by atoms with van der Waals surface area (Å²) in [5.41, 5.74) is 2.20. The number of nitrogens with zero attached hydrogens (tertiary/aromatic N) is 3. The van der Waals surface area contributed by atoms with Gasteiger partial charge in [0.05, 0.1) is 0 Å². The molecule has 2 atom stereocenters. The van der Waals surface area contributed by atoms with E-state index >= 15 is 0 Å². The number of aryl methyl sites for hydroxylation is 3. The molecule has 0 radical (unpaired) electrons. The lowest BCUT2D eigenvalue weighted by molar-refractivity contribution is -0.0449. The molecule has 7 nitrogen and oxygen atoms in total. The van der Waals surface area contributed by atoms with Crippen molar-refractivity contribution >= 4 is 11.8 Å². The number of hydrogen-bond acceptors (Lipinski definition) is 4. The number of hydrogen-bond donors (Lipinski definition) is 2. The van der Waals surface area contributed by atoms with Crippen molar-refractivity contribution in [3.8, 4) is 0 Å². The molecule has 0 saturated heterocycles. The summed E-state index contributed by atoms with van der Waals surface area (Å²) in [5, 5.41) is 11.0. The summed E-state index contributed by atoms with van der Waals surface area (Å²) >= 11 is 0. The van der Waals surface area contributed by atoms with Crippen molar-refractivity contribution in [3.63, 3.8) is 0 Å². The zero-order valence-electron chi connectivity index (χ0n) is 17.9. The normalized spacial score (nSPS) is 31.6. The number of pyridine rings is 1. The van der Waals surface area contributed by atoms with Crippen LogP contribution in [0.15, 0.2) is 24.3 Å². The fraction of sp³-hybridized carbons (Fsp3) is 0.565. The van der Waals surface area contributed by atoms with E-state index in [4.69, 9.17) is 0 Å². The summed E-state index contributed by atoms with van der Waals surface area (Å²) in [6.45, 7) is 3.84. The summed E-state index contributed by atoms with van der Waals surface area (Å²) in [7, 11) is 1.85. The summed E-state index contributed by atoms with van der Waals surface area (Å²) in [4.78, 5) is 30.4. The molecule has 7 heteroatoms. The lowest BCUT2D eigenvalue weighted by Gasteiger charge is -2.62. The Bertz CT molecular complexity index is 993. The second-order valence-corrected chi connectivity index (χ2v) is 9.89. The van der Waals surface area contributed by atoms with E-state index in [2.05, 4.69) is 20.7 Å². The first kappa shape index (κ1) is 19.3. The molecule has 2 amide bonds. The highest BCUT2D eigenvalue weighted by Gasteiger charge is 2.58. The first-order valence-corrected chi connectivity index (χ1v) is 10.8. The van der Waals surface area contributed by atoms with Gasteiger partial charge in [0, 0.05) is 29.5 Å². The molecule has 0 spiro atoms. The zero-order chi connectivity index (χ0) is 21.1. The molecule has 158 valence electrons. The number of amides is 2. The van der Waals surface area contributed by atoms with Crippen molar-refractivity contribution in [2.24, 2.45) is 18.9 Å². The molecular weight excluding hydrogens is 378 g/mol. The summed E-state index contributed by atoms with van der Waals surface area (Å²) in [5.74, 6) is 0.843. The van der Waals surface area contributed by atoms with Crippen LogP contribution in [0.1, 0.15) is 70.9 Å². The molecule has 2 aromatic heterocycles. The largest absolute Gasteiger partial charge is 0.345 e. The Labute approximate surface area is 176 Å². The molecular formula is C23H29N5O2. The quantitative estimate of drug-likeness (QED) is 0.816. The highest BCUT2D eigenvalue weighted by atomic mass is 16.2. The van der Waals surface area contributed by atoms with Gasteiger partial charge in [0.15, 0.2) is 0 Å². The fourth-order valence-electron chi connectivity index (χ4n) is 6.51. The van der Waals surface area contributed by atoms with E-state index in [-0.39, 0.29) is 22.9 Å². The van der Waals surface area contributed by atoms with Crippen molar-refractivity contribution in [1.29, 1.82) is 0 Å². The molecule has 0 aliphatic heterocycles. The van der Waals surface area contributed by atoms with E-state index in [0.29, 0.717) is 23.2 Å². The van der Waals surface area contributed by atoms with E-state index in [1.54, 1.807) is 10.7 Å². The van der Waals surface area contributed by atoms with Crippen molar-refractivity contribution in [2.45, 2.75) is 63.5 Å². The van der Waals surface area contributed by atoms with E-state index in [1.807, 2.05) is 39.1 Å². The maximum absolute atomic E-state index is 13.0. The Balaban J connectivity index is 1.38. The molecule has 4 fully saturated rings. The van der Waals surface area contributed by atoms with Crippen LogP contribution >= 0.6 is 0 Å². The summed E-state index contributed by atoms with van der Waals surface area (Å²) in [6.07, 6.45) is 5.92. The van der Waals surface area contributed by atoms with Gasteiger partial charge in [0.2, 0.25) is 0 Å². The van der Waals surface area contributed by atoms with E-state index < -0.39 is 0 Å². The second-order valence-electron chi connectivity index (χ2n) is 9.89. The van der Waals surface area contributed by atoms with Gasteiger partial charge in [-0.15, -0.1) is 0 Å². The number of carbonyl (C=O) groups excluding carboxylic acids is 2. The van der Waals surface area contributed by atoms with E-state index in [1.165, 1.54) is 6.42 Å². The predicted octanol–water partition coefficient (Wildman–Crippen LogP) is 2.68. The molecule has 0 aromatic carbocycles. The Morgan fingerprint density at radius 2 is 1.60 bits per heavy atom. The van der Waals surface area contributed by atoms with Crippen LogP contribution in [-0.2, 0) is 7.05 Å². The van der Waals surface area contributed by atoms with Crippen molar-refractivity contribution in [1.82, 2.24) is 25.4 Å². The number of rotatable bonds is 4. The van der Waals surface area contributed by atoms with Crippen LogP contribution in [0, 0.1) is 25.7 Å². The van der Waals surface area contributed by atoms with Gasteiger partial charge in [-0.05, 0) is 82.4 Å². The second kappa shape index (κ2) is 6.65. The Morgan fingerprint density at radius 3 is 2.13 bits per heavy atom. The highest BCUT2D eigenvalue weighted by molar-refractivity contribution is 5.94. The number of aromatic nitrogens is 3. The van der Waals surface area contributed by atoms with Crippen molar-refractivity contribution in [2.75, 3.05) is 0 Å². The number of carbonyl (C=O) groups is 2. The van der Waals surface area contributed by atoms with Crippen LogP contribution < -0.4 is 10.6 Å². The van der Waals surface area contributed by atoms with Crippen molar-refractivity contribution in [3.05, 3.63) is 47.0 Å². The van der Waals surface area contributed by atoms with Crippen LogP contribution in [0.3, 0.4) is 0 Å². The topological polar surface area (TPSA) is 88.9 Å². The SMILES string of the molecule is Cc1cccc(C(=O)NC23CC4CC(C2)CC(NC(=O)c2cc(C)n(C)n2)(C4)C3)n1. The molecule has 4 aliphatic carbocycles. The van der Waals surface area contributed by atoms with Gasteiger partial charge in [-0.3, -0.25) is 14.3 Å². The zero-order valence-corrected chi connectivity index (χ0v) is 17.9. The lowest BCUT2D eigenvalue weighted by atomic mass is 9.49. The third-order valence-electron chi connectivity index (χ3n) is 7.29. The average Bonchev–Trinajstić information content (AvgIpc) is 2.99. The minimum absolute atomic E-state index is 0.109. The van der Waals surface area contributed by atoms with Gasteiger partial charge < -0.3 is 10.6 Å². The minimum atomic E-state index is -0.264. The Kier molecular flexibility index (Phi) is 4.27. The van der Waals surface area contributed by atoms with Crippen LogP contribution in [0.2, 0.25) is 0 Å². The first-order valence-electron chi connectivity index (χ1n) is 10.8. The maximum atomic E-state index is 13.0. The van der Waals surface area contributed by atoms with Crippen LogP contribution in [0.4, 0.5) is 0 Å². The standard InChI is InChI=1S/C23H29N5O2/c1-14-5-4-6-18(24-14)20(29)25-22-9-16-8-17(10-22)12-23(11-16,13-22)26-21(30)19-7-15(2)28(3)27-19/h4-7,16-17H,8-13H2,1-3H3,(H,25,29)(H,26,30). The molecule has 4 bridgehead atoms.